The Morgan fingerprint density at radius 3 is 3.00 bits per heavy atom. The predicted molar refractivity (Wildman–Crippen MR) is 86.2 cm³/mol. The first kappa shape index (κ1) is 16.2. The van der Waals surface area contributed by atoms with Crippen LogP contribution in [0.3, 0.4) is 0 Å². The van der Waals surface area contributed by atoms with Gasteiger partial charge in [0.05, 0.1) is 23.9 Å². The molecule has 0 aliphatic carbocycles. The van der Waals surface area contributed by atoms with Gasteiger partial charge in [-0.25, -0.2) is 4.39 Å². The molecule has 0 fully saturated rings. The fraction of sp³-hybridized carbons (Fsp3) is 0.438. The maximum Gasteiger partial charge on any atom is 0.270 e. The van der Waals surface area contributed by atoms with Gasteiger partial charge < -0.3 is 4.74 Å². The van der Waals surface area contributed by atoms with Crippen LogP contribution in [0.15, 0.2) is 23.0 Å². The van der Waals surface area contributed by atoms with E-state index in [-0.39, 0.29) is 10.6 Å². The number of benzene rings is 1. The molecule has 5 nitrogen and oxygen atoms in total. The van der Waals surface area contributed by atoms with E-state index in [4.69, 9.17) is 16.3 Å². The number of nitrogens with zero attached hydrogens (tertiary/aromatic N) is 2. The van der Waals surface area contributed by atoms with E-state index in [9.17, 15) is 9.18 Å². The maximum atomic E-state index is 13.2. The van der Waals surface area contributed by atoms with Gasteiger partial charge in [-0.3, -0.25) is 19.5 Å². The number of aromatic nitrogens is 2. The number of methoxy groups -OCH3 is 1. The second-order valence-corrected chi connectivity index (χ2v) is 6.13. The summed E-state index contributed by atoms with van der Waals surface area (Å²) in [6.07, 6.45) is 0.708. The highest BCUT2D eigenvalue weighted by atomic mass is 35.5. The third-order valence-corrected chi connectivity index (χ3v) is 4.40. The molecule has 0 radical (unpaired) electrons. The van der Waals surface area contributed by atoms with Crippen molar-refractivity contribution in [1.29, 1.82) is 0 Å². The van der Waals surface area contributed by atoms with Crippen molar-refractivity contribution in [2.45, 2.75) is 26.1 Å². The molecule has 23 heavy (non-hydrogen) atoms. The van der Waals surface area contributed by atoms with Gasteiger partial charge >= 0.3 is 0 Å². The minimum atomic E-state index is -0.407. The van der Waals surface area contributed by atoms with Gasteiger partial charge in [0.1, 0.15) is 5.82 Å². The van der Waals surface area contributed by atoms with E-state index in [0.717, 1.165) is 23.4 Å². The Morgan fingerprint density at radius 1 is 1.43 bits per heavy atom. The van der Waals surface area contributed by atoms with Crippen LogP contribution in [0, 0.1) is 5.82 Å². The number of hydrogen-bond acceptors (Lipinski definition) is 3. The Hall–Kier alpha value is -1.63. The summed E-state index contributed by atoms with van der Waals surface area (Å²) >= 11 is 5.83. The van der Waals surface area contributed by atoms with Crippen molar-refractivity contribution in [1.82, 2.24) is 14.7 Å². The van der Waals surface area contributed by atoms with Crippen molar-refractivity contribution in [3.05, 3.63) is 56.2 Å². The fourth-order valence-corrected chi connectivity index (χ4v) is 3.11. The molecule has 1 aromatic carbocycles. The molecular weight excluding hydrogens is 321 g/mol. The van der Waals surface area contributed by atoms with Crippen molar-refractivity contribution in [3.63, 3.8) is 0 Å². The molecule has 0 bridgehead atoms. The summed E-state index contributed by atoms with van der Waals surface area (Å²) in [7, 11) is 1.61. The summed E-state index contributed by atoms with van der Waals surface area (Å²) in [5.41, 5.74) is 2.81. The minimum Gasteiger partial charge on any atom is -0.383 e. The Kier molecular flexibility index (Phi) is 4.84. The van der Waals surface area contributed by atoms with Gasteiger partial charge in [0.15, 0.2) is 0 Å². The van der Waals surface area contributed by atoms with Gasteiger partial charge in [-0.1, -0.05) is 17.7 Å². The Balaban J connectivity index is 1.72. The highest BCUT2D eigenvalue weighted by Gasteiger charge is 2.22. The van der Waals surface area contributed by atoms with Crippen LogP contribution in [-0.4, -0.2) is 34.9 Å². The minimum absolute atomic E-state index is 0.0431. The predicted octanol–water partition coefficient (Wildman–Crippen LogP) is 2.17. The molecule has 3 rings (SSSR count). The van der Waals surface area contributed by atoms with Gasteiger partial charge in [0, 0.05) is 32.3 Å². The summed E-state index contributed by atoms with van der Waals surface area (Å²) in [4.78, 5) is 14.5. The van der Waals surface area contributed by atoms with E-state index in [1.165, 1.54) is 6.07 Å². The number of ether oxygens (including phenoxy) is 1. The molecular formula is C16H19ClFN3O2. The largest absolute Gasteiger partial charge is 0.383 e. The van der Waals surface area contributed by atoms with Gasteiger partial charge in [-0.05, 0) is 24.1 Å². The SMILES string of the molecule is COCCn1[nH]c2c(c1=O)CCN(Cc1ccc(F)c(Cl)c1)C2. The van der Waals surface area contributed by atoms with Crippen LogP contribution in [-0.2, 0) is 30.8 Å². The monoisotopic (exact) mass is 339 g/mol. The van der Waals surface area contributed by atoms with E-state index < -0.39 is 5.82 Å². The van der Waals surface area contributed by atoms with Crippen molar-refractivity contribution < 1.29 is 9.13 Å². The number of rotatable bonds is 5. The molecule has 0 atom stereocenters. The van der Waals surface area contributed by atoms with Crippen molar-refractivity contribution in [2.24, 2.45) is 0 Å². The lowest BCUT2D eigenvalue weighted by molar-refractivity contribution is 0.182. The second kappa shape index (κ2) is 6.86. The standard InChI is InChI=1S/C16H19ClFN3O2/c1-23-7-6-21-16(22)12-4-5-20(10-15(12)19-21)9-11-2-3-14(18)13(17)8-11/h2-3,8,19H,4-7,9-10H2,1H3. The number of halogens is 2. The van der Waals surface area contributed by atoms with Crippen LogP contribution in [0.25, 0.3) is 0 Å². The van der Waals surface area contributed by atoms with Crippen LogP contribution < -0.4 is 5.56 Å². The lowest BCUT2D eigenvalue weighted by Gasteiger charge is -2.26. The maximum absolute atomic E-state index is 13.2. The molecule has 7 heteroatoms. The number of nitrogens with one attached hydrogen (secondary N) is 1. The highest BCUT2D eigenvalue weighted by molar-refractivity contribution is 6.30. The Labute approximate surface area is 138 Å². The molecule has 0 amide bonds. The summed E-state index contributed by atoms with van der Waals surface area (Å²) in [5, 5.41) is 3.31. The van der Waals surface area contributed by atoms with Crippen molar-refractivity contribution in [3.8, 4) is 0 Å². The summed E-state index contributed by atoms with van der Waals surface area (Å²) in [5.74, 6) is -0.407. The number of aromatic amines is 1. The summed E-state index contributed by atoms with van der Waals surface area (Å²) in [6, 6.07) is 4.78. The Morgan fingerprint density at radius 2 is 2.26 bits per heavy atom. The number of hydrogen-bond donors (Lipinski definition) is 1. The topological polar surface area (TPSA) is 50.3 Å². The average molecular weight is 340 g/mol. The van der Waals surface area contributed by atoms with Crippen LogP contribution >= 0.6 is 11.6 Å². The van der Waals surface area contributed by atoms with Gasteiger partial charge in [-0.15, -0.1) is 0 Å². The first-order valence-electron chi connectivity index (χ1n) is 7.54. The fourth-order valence-electron chi connectivity index (χ4n) is 2.91. The zero-order valence-corrected chi connectivity index (χ0v) is 13.7. The average Bonchev–Trinajstić information content (AvgIpc) is 2.85. The molecule has 0 saturated carbocycles. The number of H-pyrrole nitrogens is 1. The molecule has 0 spiro atoms. The molecule has 124 valence electrons. The molecule has 2 aromatic rings. The number of fused-ring (bicyclic) bond motifs is 1. The van der Waals surface area contributed by atoms with E-state index >= 15 is 0 Å². The van der Waals surface area contributed by atoms with Gasteiger partial charge in [0.25, 0.3) is 5.56 Å². The van der Waals surface area contributed by atoms with Crippen molar-refractivity contribution in [2.75, 3.05) is 20.3 Å². The first-order valence-corrected chi connectivity index (χ1v) is 7.92. The second-order valence-electron chi connectivity index (χ2n) is 5.73. The summed E-state index contributed by atoms with van der Waals surface area (Å²) < 4.78 is 19.8. The van der Waals surface area contributed by atoms with Crippen molar-refractivity contribution >= 4 is 11.6 Å². The van der Waals surface area contributed by atoms with E-state index in [0.29, 0.717) is 32.7 Å². The Bertz CT molecular complexity index is 756. The van der Waals surface area contributed by atoms with Crippen LogP contribution in [0.2, 0.25) is 5.02 Å². The highest BCUT2D eigenvalue weighted by Crippen LogP contribution is 2.20. The molecule has 1 aliphatic heterocycles. The van der Waals surface area contributed by atoms with Gasteiger partial charge in [0.2, 0.25) is 0 Å². The third-order valence-electron chi connectivity index (χ3n) is 4.11. The molecule has 1 N–H and O–H groups in total. The third kappa shape index (κ3) is 3.49. The molecule has 1 aliphatic rings. The summed E-state index contributed by atoms with van der Waals surface area (Å²) in [6.45, 7) is 3.15. The zero-order chi connectivity index (χ0) is 16.4. The normalized spacial score (nSPS) is 14.9. The van der Waals surface area contributed by atoms with E-state index in [1.54, 1.807) is 23.9 Å². The smallest absolute Gasteiger partial charge is 0.270 e. The lowest BCUT2D eigenvalue weighted by Crippen LogP contribution is -2.31. The quantitative estimate of drug-likeness (QED) is 0.908. The van der Waals surface area contributed by atoms with Crippen LogP contribution in [0.1, 0.15) is 16.8 Å². The molecule has 0 unspecified atom stereocenters. The van der Waals surface area contributed by atoms with Crippen LogP contribution in [0.4, 0.5) is 4.39 Å². The van der Waals surface area contributed by atoms with E-state index in [2.05, 4.69) is 10.00 Å². The first-order chi connectivity index (χ1) is 11.1. The van der Waals surface area contributed by atoms with Gasteiger partial charge in [-0.2, -0.15) is 0 Å². The van der Waals surface area contributed by atoms with E-state index in [1.807, 2.05) is 0 Å². The molecule has 1 aromatic heterocycles. The van der Waals surface area contributed by atoms with Crippen LogP contribution in [0.5, 0.6) is 0 Å². The zero-order valence-electron chi connectivity index (χ0n) is 12.9. The molecule has 0 saturated heterocycles. The lowest BCUT2D eigenvalue weighted by atomic mass is 10.1. The molecule has 2 heterocycles.